The average Bonchev–Trinajstić information content (AvgIpc) is 2.85. The second kappa shape index (κ2) is 7.78. The minimum absolute atomic E-state index is 0.109. The largest absolute Gasteiger partial charge is 0.388 e. The van der Waals surface area contributed by atoms with Crippen LogP contribution in [0, 0.1) is 0 Å². The van der Waals surface area contributed by atoms with Crippen LogP contribution in [0.3, 0.4) is 0 Å². The number of hydrogen-bond acceptors (Lipinski definition) is 4. The summed E-state index contributed by atoms with van der Waals surface area (Å²) in [5.74, 6) is -0.109. The van der Waals surface area contributed by atoms with E-state index >= 15 is 0 Å². The first-order valence-electron chi connectivity index (χ1n) is 9.01. The molecule has 1 aromatic carbocycles. The number of nitrogens with zero attached hydrogens (tertiary/aromatic N) is 2. The van der Waals surface area contributed by atoms with Crippen LogP contribution in [0.15, 0.2) is 35.3 Å². The molecule has 1 amide bonds. The third-order valence-corrected chi connectivity index (χ3v) is 4.96. The van der Waals surface area contributed by atoms with Crippen LogP contribution >= 0.6 is 0 Å². The smallest absolute Gasteiger partial charge is 0.221 e. The summed E-state index contributed by atoms with van der Waals surface area (Å²) >= 11 is 0. The Labute approximate surface area is 146 Å². The Morgan fingerprint density at radius 3 is 2.68 bits per heavy atom. The van der Waals surface area contributed by atoms with Crippen LogP contribution in [0.25, 0.3) is 10.9 Å². The van der Waals surface area contributed by atoms with E-state index in [1.54, 1.807) is 10.7 Å². The Morgan fingerprint density at radius 1 is 1.20 bits per heavy atom. The zero-order valence-electron chi connectivity index (χ0n) is 14.4. The molecular weight excluding hydrogens is 318 g/mol. The molecular formula is C19H25N3O3. The Morgan fingerprint density at radius 2 is 1.92 bits per heavy atom. The van der Waals surface area contributed by atoms with Gasteiger partial charge in [-0.3, -0.25) is 14.3 Å². The average molecular weight is 343 g/mol. The van der Waals surface area contributed by atoms with Crippen molar-refractivity contribution in [2.24, 2.45) is 0 Å². The first-order valence-corrected chi connectivity index (χ1v) is 9.01. The zero-order chi connectivity index (χ0) is 17.7. The predicted molar refractivity (Wildman–Crippen MR) is 96.3 cm³/mol. The van der Waals surface area contributed by atoms with E-state index in [1.807, 2.05) is 18.2 Å². The molecule has 25 heavy (non-hydrogen) atoms. The fraction of sp³-hybridized carbons (Fsp3) is 0.526. The van der Waals surface area contributed by atoms with Gasteiger partial charge in [-0.05, 0) is 25.0 Å². The van der Waals surface area contributed by atoms with Gasteiger partial charge in [-0.25, -0.2) is 0 Å². The molecule has 0 spiro atoms. The summed E-state index contributed by atoms with van der Waals surface area (Å²) < 4.78 is 1.68. The van der Waals surface area contributed by atoms with Gasteiger partial charge in [0.2, 0.25) is 11.3 Å². The maximum atomic E-state index is 12.2. The van der Waals surface area contributed by atoms with Crippen LogP contribution in [-0.4, -0.2) is 32.9 Å². The van der Waals surface area contributed by atoms with Gasteiger partial charge in [-0.2, -0.15) is 5.10 Å². The number of nitrogens with one attached hydrogen (secondary N) is 1. The number of carbonyl (C=O) groups excluding carboxylic acids is 1. The van der Waals surface area contributed by atoms with E-state index < -0.39 is 5.60 Å². The number of benzene rings is 1. The van der Waals surface area contributed by atoms with E-state index in [0.717, 1.165) is 44.0 Å². The molecule has 1 saturated carbocycles. The van der Waals surface area contributed by atoms with Crippen molar-refractivity contribution in [3.8, 4) is 0 Å². The Kier molecular flexibility index (Phi) is 5.48. The summed E-state index contributed by atoms with van der Waals surface area (Å²) in [7, 11) is 0. The maximum Gasteiger partial charge on any atom is 0.221 e. The normalized spacial score (nSPS) is 17.2. The summed E-state index contributed by atoms with van der Waals surface area (Å²) in [6.07, 6.45) is 7.38. The summed E-state index contributed by atoms with van der Waals surface area (Å²) in [4.78, 5) is 24.0. The molecule has 1 aliphatic carbocycles. The molecule has 2 aromatic rings. The van der Waals surface area contributed by atoms with Gasteiger partial charge >= 0.3 is 0 Å². The third-order valence-electron chi connectivity index (χ3n) is 4.96. The topological polar surface area (TPSA) is 84.2 Å². The van der Waals surface area contributed by atoms with Crippen molar-refractivity contribution < 1.29 is 9.90 Å². The number of hydrogen-bond donors (Lipinski definition) is 2. The number of rotatable bonds is 5. The van der Waals surface area contributed by atoms with E-state index in [2.05, 4.69) is 10.4 Å². The first kappa shape index (κ1) is 17.6. The monoisotopic (exact) mass is 343 g/mol. The summed E-state index contributed by atoms with van der Waals surface area (Å²) in [6, 6.07) is 7.25. The second-order valence-corrected chi connectivity index (χ2v) is 6.91. The Balaban J connectivity index is 1.58. The summed E-state index contributed by atoms with van der Waals surface area (Å²) in [5, 5.41) is 18.2. The highest BCUT2D eigenvalue weighted by Crippen LogP contribution is 2.26. The van der Waals surface area contributed by atoms with E-state index in [9.17, 15) is 14.7 Å². The van der Waals surface area contributed by atoms with Gasteiger partial charge in [0.25, 0.3) is 0 Å². The van der Waals surface area contributed by atoms with Crippen molar-refractivity contribution in [2.75, 3.05) is 6.54 Å². The first-order chi connectivity index (χ1) is 12.1. The van der Waals surface area contributed by atoms with Crippen LogP contribution in [-0.2, 0) is 11.3 Å². The number of carbonyl (C=O) groups is 1. The van der Waals surface area contributed by atoms with Crippen LogP contribution in [0.1, 0.15) is 44.9 Å². The van der Waals surface area contributed by atoms with Crippen molar-refractivity contribution >= 4 is 16.8 Å². The van der Waals surface area contributed by atoms with E-state index in [1.165, 1.54) is 6.20 Å². The fourth-order valence-electron chi connectivity index (χ4n) is 3.46. The van der Waals surface area contributed by atoms with E-state index in [0.29, 0.717) is 18.5 Å². The molecule has 134 valence electrons. The number of para-hydroxylation sites is 1. The lowest BCUT2D eigenvalue weighted by Crippen LogP contribution is -2.42. The number of aromatic nitrogens is 2. The molecule has 0 unspecified atom stereocenters. The Bertz CT molecular complexity index is 792. The van der Waals surface area contributed by atoms with Crippen molar-refractivity contribution in [3.05, 3.63) is 40.7 Å². The molecule has 0 aliphatic heterocycles. The SMILES string of the molecule is O=C(CCn1ncc(=O)c2ccccc21)NCC1(O)CCCCCC1. The third kappa shape index (κ3) is 4.45. The van der Waals surface area contributed by atoms with E-state index in [4.69, 9.17) is 0 Å². The van der Waals surface area contributed by atoms with Crippen LogP contribution < -0.4 is 10.7 Å². The predicted octanol–water partition coefficient (Wildman–Crippen LogP) is 1.99. The highest BCUT2D eigenvalue weighted by atomic mass is 16.3. The summed E-state index contributed by atoms with van der Waals surface area (Å²) in [6.45, 7) is 0.704. The van der Waals surface area contributed by atoms with Gasteiger partial charge in [0, 0.05) is 18.4 Å². The quantitative estimate of drug-likeness (QED) is 0.813. The lowest BCUT2D eigenvalue weighted by molar-refractivity contribution is -0.122. The minimum atomic E-state index is -0.769. The second-order valence-electron chi connectivity index (χ2n) is 6.91. The number of aryl methyl sites for hydroxylation is 1. The number of aliphatic hydroxyl groups is 1. The van der Waals surface area contributed by atoms with Gasteiger partial charge < -0.3 is 10.4 Å². The molecule has 1 heterocycles. The highest BCUT2D eigenvalue weighted by Gasteiger charge is 2.28. The van der Waals surface area contributed by atoms with Gasteiger partial charge in [-0.15, -0.1) is 0 Å². The van der Waals surface area contributed by atoms with Crippen molar-refractivity contribution in [1.82, 2.24) is 15.1 Å². The van der Waals surface area contributed by atoms with Crippen molar-refractivity contribution in [2.45, 2.75) is 57.1 Å². The molecule has 6 nitrogen and oxygen atoms in total. The molecule has 1 aliphatic rings. The molecule has 2 N–H and O–H groups in total. The minimum Gasteiger partial charge on any atom is -0.388 e. The number of amides is 1. The standard InChI is InChI=1S/C19H25N3O3/c23-17-13-21-22(16-8-4-3-7-15(16)17)12-9-18(24)20-14-19(25)10-5-1-2-6-11-19/h3-4,7-8,13,25H,1-2,5-6,9-12,14H2,(H,20,24). The lowest BCUT2D eigenvalue weighted by atomic mass is 9.94. The zero-order valence-corrected chi connectivity index (χ0v) is 14.4. The number of fused-ring (bicyclic) bond motifs is 1. The van der Waals surface area contributed by atoms with Gasteiger partial charge in [-0.1, -0.05) is 37.8 Å². The van der Waals surface area contributed by atoms with Crippen molar-refractivity contribution in [1.29, 1.82) is 0 Å². The molecule has 0 saturated heterocycles. The van der Waals surface area contributed by atoms with Gasteiger partial charge in [0.05, 0.1) is 23.9 Å². The molecule has 1 aromatic heterocycles. The highest BCUT2D eigenvalue weighted by molar-refractivity contribution is 5.79. The van der Waals surface area contributed by atoms with Crippen LogP contribution in [0.2, 0.25) is 0 Å². The maximum absolute atomic E-state index is 12.2. The van der Waals surface area contributed by atoms with Gasteiger partial charge in [0.15, 0.2) is 0 Å². The molecule has 0 atom stereocenters. The molecule has 6 heteroatoms. The summed E-state index contributed by atoms with van der Waals surface area (Å²) in [5.41, 5.74) is -0.161. The molecule has 3 rings (SSSR count). The lowest BCUT2D eigenvalue weighted by Gasteiger charge is -2.26. The molecule has 1 fully saturated rings. The Hall–Kier alpha value is -2.21. The van der Waals surface area contributed by atoms with Crippen LogP contribution in [0.5, 0.6) is 0 Å². The van der Waals surface area contributed by atoms with E-state index in [-0.39, 0.29) is 17.8 Å². The van der Waals surface area contributed by atoms with Gasteiger partial charge in [0.1, 0.15) is 0 Å². The van der Waals surface area contributed by atoms with Crippen LogP contribution in [0.4, 0.5) is 0 Å². The fourth-order valence-corrected chi connectivity index (χ4v) is 3.46. The molecule has 0 radical (unpaired) electrons. The molecule has 0 bridgehead atoms. The van der Waals surface area contributed by atoms with Crippen molar-refractivity contribution in [3.63, 3.8) is 0 Å².